The zero-order valence-corrected chi connectivity index (χ0v) is 9.46. The molecule has 1 aliphatic rings. The minimum absolute atomic E-state index is 0.0805. The van der Waals surface area contributed by atoms with E-state index in [0.717, 1.165) is 6.42 Å². The van der Waals surface area contributed by atoms with Gasteiger partial charge in [0.05, 0.1) is 5.60 Å². The maximum atomic E-state index is 11.8. The minimum atomic E-state index is -1.30. The standard InChI is InChI=1S/C11H20O3/c1-8-5-6-11(13,9(12)7-8)10(2,3)14-4/h8,13H,5-7H2,1-4H3/t8-,11?/m1/s1. The Morgan fingerprint density at radius 3 is 2.57 bits per heavy atom. The van der Waals surface area contributed by atoms with Gasteiger partial charge in [0.2, 0.25) is 0 Å². The average Bonchev–Trinajstić information content (AvgIpc) is 2.12. The monoisotopic (exact) mass is 200 g/mol. The topological polar surface area (TPSA) is 46.5 Å². The van der Waals surface area contributed by atoms with Crippen molar-refractivity contribution in [1.82, 2.24) is 0 Å². The van der Waals surface area contributed by atoms with E-state index < -0.39 is 11.2 Å². The summed E-state index contributed by atoms with van der Waals surface area (Å²) in [5.41, 5.74) is -2.08. The predicted molar refractivity (Wildman–Crippen MR) is 54.1 cm³/mol. The van der Waals surface area contributed by atoms with Crippen LogP contribution in [-0.2, 0) is 9.53 Å². The molecule has 1 N–H and O–H groups in total. The summed E-state index contributed by atoms with van der Waals surface area (Å²) >= 11 is 0. The molecule has 1 unspecified atom stereocenters. The van der Waals surface area contributed by atoms with Gasteiger partial charge in [-0.3, -0.25) is 4.79 Å². The molecule has 14 heavy (non-hydrogen) atoms. The smallest absolute Gasteiger partial charge is 0.167 e. The Morgan fingerprint density at radius 2 is 2.14 bits per heavy atom. The number of aliphatic hydroxyl groups is 1. The number of hydrogen-bond acceptors (Lipinski definition) is 3. The van der Waals surface area contributed by atoms with Crippen molar-refractivity contribution < 1.29 is 14.6 Å². The largest absolute Gasteiger partial charge is 0.379 e. The summed E-state index contributed by atoms with van der Waals surface area (Å²) in [7, 11) is 1.53. The molecule has 0 amide bonds. The maximum Gasteiger partial charge on any atom is 0.167 e. The van der Waals surface area contributed by atoms with E-state index in [2.05, 4.69) is 0 Å². The van der Waals surface area contributed by atoms with Gasteiger partial charge in [0.1, 0.15) is 0 Å². The number of rotatable bonds is 2. The van der Waals surface area contributed by atoms with Crippen molar-refractivity contribution in [3.8, 4) is 0 Å². The lowest BCUT2D eigenvalue weighted by atomic mass is 9.70. The van der Waals surface area contributed by atoms with Crippen molar-refractivity contribution in [2.24, 2.45) is 5.92 Å². The second-order valence-corrected chi connectivity index (χ2v) is 4.85. The molecule has 0 aliphatic heterocycles. The molecule has 2 atom stereocenters. The van der Waals surface area contributed by atoms with E-state index in [1.54, 1.807) is 13.8 Å². The lowest BCUT2D eigenvalue weighted by Gasteiger charge is -2.43. The first kappa shape index (κ1) is 11.7. The van der Waals surface area contributed by atoms with Crippen molar-refractivity contribution in [3.63, 3.8) is 0 Å². The number of carbonyl (C=O) groups is 1. The van der Waals surface area contributed by atoms with Crippen LogP contribution in [0, 0.1) is 5.92 Å². The van der Waals surface area contributed by atoms with Gasteiger partial charge in [-0.05, 0) is 32.6 Å². The van der Waals surface area contributed by atoms with E-state index in [1.165, 1.54) is 7.11 Å². The lowest BCUT2D eigenvalue weighted by Crippen LogP contribution is -2.59. The zero-order valence-electron chi connectivity index (χ0n) is 9.46. The molecular weight excluding hydrogens is 180 g/mol. The summed E-state index contributed by atoms with van der Waals surface area (Å²) in [6.07, 6.45) is 1.85. The molecular formula is C11H20O3. The van der Waals surface area contributed by atoms with Gasteiger partial charge in [-0.2, -0.15) is 0 Å². The third-order valence-corrected chi connectivity index (χ3v) is 3.50. The highest BCUT2D eigenvalue weighted by molar-refractivity contribution is 5.89. The molecule has 0 bridgehead atoms. The summed E-state index contributed by atoms with van der Waals surface area (Å²) < 4.78 is 5.21. The fraction of sp³-hybridized carbons (Fsp3) is 0.909. The first-order valence-electron chi connectivity index (χ1n) is 5.14. The third-order valence-electron chi connectivity index (χ3n) is 3.50. The summed E-state index contributed by atoms with van der Waals surface area (Å²) in [6, 6.07) is 0. The second-order valence-electron chi connectivity index (χ2n) is 4.85. The van der Waals surface area contributed by atoms with Gasteiger partial charge in [-0.1, -0.05) is 6.92 Å². The van der Waals surface area contributed by atoms with E-state index in [4.69, 9.17) is 4.74 Å². The summed E-state index contributed by atoms with van der Waals surface area (Å²) in [5, 5.41) is 10.3. The SMILES string of the molecule is COC(C)(C)C1(O)CC[C@@H](C)CC1=O. The summed E-state index contributed by atoms with van der Waals surface area (Å²) in [6.45, 7) is 5.57. The Kier molecular flexibility index (Phi) is 3.02. The second kappa shape index (κ2) is 3.63. The molecule has 1 fully saturated rings. The van der Waals surface area contributed by atoms with Gasteiger partial charge in [0, 0.05) is 13.5 Å². The summed E-state index contributed by atoms with van der Waals surface area (Å²) in [5.74, 6) is 0.304. The normalized spacial score (nSPS) is 34.6. The molecule has 0 heterocycles. The predicted octanol–water partition coefficient (Wildman–Crippen LogP) is 1.53. The van der Waals surface area contributed by atoms with Crippen molar-refractivity contribution in [2.75, 3.05) is 7.11 Å². The van der Waals surface area contributed by atoms with Crippen LogP contribution >= 0.6 is 0 Å². The number of carbonyl (C=O) groups excluding carboxylic acids is 1. The van der Waals surface area contributed by atoms with E-state index in [0.29, 0.717) is 18.8 Å². The number of ether oxygens (including phenoxy) is 1. The molecule has 0 aromatic rings. The van der Waals surface area contributed by atoms with Crippen LogP contribution in [0.2, 0.25) is 0 Å². The van der Waals surface area contributed by atoms with Crippen LogP contribution in [0.1, 0.15) is 40.0 Å². The first-order chi connectivity index (χ1) is 6.33. The van der Waals surface area contributed by atoms with Gasteiger partial charge in [0.15, 0.2) is 11.4 Å². The molecule has 82 valence electrons. The van der Waals surface area contributed by atoms with Crippen LogP contribution in [0.25, 0.3) is 0 Å². The molecule has 3 heteroatoms. The molecule has 0 radical (unpaired) electrons. The summed E-state index contributed by atoms with van der Waals surface area (Å²) in [4.78, 5) is 11.8. The van der Waals surface area contributed by atoms with Crippen LogP contribution in [0.4, 0.5) is 0 Å². The lowest BCUT2D eigenvalue weighted by molar-refractivity contribution is -0.181. The Morgan fingerprint density at radius 1 is 1.57 bits per heavy atom. The van der Waals surface area contributed by atoms with Gasteiger partial charge in [0.25, 0.3) is 0 Å². The Labute approximate surface area is 85.5 Å². The fourth-order valence-electron chi connectivity index (χ4n) is 1.99. The highest BCUT2D eigenvalue weighted by atomic mass is 16.5. The Bertz CT molecular complexity index is 235. The molecule has 0 spiro atoms. The molecule has 1 rings (SSSR count). The molecule has 0 aromatic carbocycles. The Balaban J connectivity index is 2.89. The van der Waals surface area contributed by atoms with E-state index >= 15 is 0 Å². The quantitative estimate of drug-likeness (QED) is 0.735. The molecule has 3 nitrogen and oxygen atoms in total. The first-order valence-corrected chi connectivity index (χ1v) is 5.14. The third kappa shape index (κ3) is 1.71. The minimum Gasteiger partial charge on any atom is -0.379 e. The molecule has 0 saturated heterocycles. The molecule has 1 aliphatic carbocycles. The van der Waals surface area contributed by atoms with E-state index in [1.807, 2.05) is 6.92 Å². The van der Waals surface area contributed by atoms with Crippen molar-refractivity contribution >= 4 is 5.78 Å². The van der Waals surface area contributed by atoms with Gasteiger partial charge in [-0.15, -0.1) is 0 Å². The van der Waals surface area contributed by atoms with Gasteiger partial charge in [-0.25, -0.2) is 0 Å². The van der Waals surface area contributed by atoms with Crippen molar-refractivity contribution in [1.29, 1.82) is 0 Å². The number of Topliss-reactive ketones (excluding diaryl/α,β-unsaturated/α-hetero) is 1. The fourth-order valence-corrected chi connectivity index (χ4v) is 1.99. The highest BCUT2D eigenvalue weighted by Crippen LogP contribution is 2.38. The van der Waals surface area contributed by atoms with Crippen LogP contribution in [0.5, 0.6) is 0 Å². The van der Waals surface area contributed by atoms with Crippen LogP contribution in [-0.4, -0.2) is 29.2 Å². The number of hydrogen-bond donors (Lipinski definition) is 1. The van der Waals surface area contributed by atoms with Crippen LogP contribution in [0.3, 0.4) is 0 Å². The van der Waals surface area contributed by atoms with Gasteiger partial charge >= 0.3 is 0 Å². The maximum absolute atomic E-state index is 11.8. The van der Waals surface area contributed by atoms with E-state index in [9.17, 15) is 9.90 Å². The molecule has 1 saturated carbocycles. The Hall–Kier alpha value is -0.410. The van der Waals surface area contributed by atoms with Gasteiger partial charge < -0.3 is 9.84 Å². The van der Waals surface area contributed by atoms with Crippen molar-refractivity contribution in [3.05, 3.63) is 0 Å². The van der Waals surface area contributed by atoms with Crippen molar-refractivity contribution in [2.45, 2.75) is 51.2 Å². The number of methoxy groups -OCH3 is 1. The zero-order chi connectivity index (χ0) is 11.0. The van der Waals surface area contributed by atoms with Crippen LogP contribution < -0.4 is 0 Å². The van der Waals surface area contributed by atoms with E-state index in [-0.39, 0.29) is 5.78 Å². The highest BCUT2D eigenvalue weighted by Gasteiger charge is 2.51. The van der Waals surface area contributed by atoms with Crippen LogP contribution in [0.15, 0.2) is 0 Å². The average molecular weight is 200 g/mol. The number of ketones is 1. The molecule has 0 aromatic heterocycles.